The lowest BCUT2D eigenvalue weighted by Gasteiger charge is -2.19. The molecule has 0 spiro atoms. The predicted molar refractivity (Wildman–Crippen MR) is 147 cm³/mol. The SMILES string of the molecule is C=CC(=O)OCCCCOC(=O)C(C(=O)OCCCCOC(=O)C=C)=C1Sc2ccc(C(C)(C)C)cc2S1. The van der Waals surface area contributed by atoms with Gasteiger partial charge in [-0.1, -0.05) is 63.5 Å². The molecule has 0 unspecified atom stereocenters. The van der Waals surface area contributed by atoms with Crippen molar-refractivity contribution in [1.82, 2.24) is 0 Å². The van der Waals surface area contributed by atoms with E-state index in [9.17, 15) is 19.2 Å². The molecule has 0 aromatic heterocycles. The molecule has 1 aromatic carbocycles. The lowest BCUT2D eigenvalue weighted by atomic mass is 9.87. The fraction of sp³-hybridized carbons (Fsp3) is 0.429. The molecule has 0 radical (unpaired) electrons. The van der Waals surface area contributed by atoms with Gasteiger partial charge in [0, 0.05) is 21.9 Å². The monoisotopic (exact) mass is 562 g/mol. The Bertz CT molecular complexity index is 1040. The highest BCUT2D eigenvalue weighted by Crippen LogP contribution is 2.53. The summed E-state index contributed by atoms with van der Waals surface area (Å²) >= 11 is 2.68. The van der Waals surface area contributed by atoms with Crippen LogP contribution in [0.2, 0.25) is 0 Å². The van der Waals surface area contributed by atoms with E-state index in [0.29, 0.717) is 29.9 Å². The maximum atomic E-state index is 13.0. The van der Waals surface area contributed by atoms with Crippen molar-refractivity contribution in [3.63, 3.8) is 0 Å². The Hall–Kier alpha value is -2.98. The smallest absolute Gasteiger partial charge is 0.347 e. The highest BCUT2D eigenvalue weighted by molar-refractivity contribution is 8.24. The van der Waals surface area contributed by atoms with Crippen LogP contribution in [0.25, 0.3) is 0 Å². The number of hydrogen-bond acceptors (Lipinski definition) is 10. The van der Waals surface area contributed by atoms with Gasteiger partial charge in [-0.2, -0.15) is 0 Å². The number of carbonyl (C=O) groups is 4. The molecule has 0 aliphatic carbocycles. The van der Waals surface area contributed by atoms with Crippen molar-refractivity contribution in [2.75, 3.05) is 26.4 Å². The van der Waals surface area contributed by atoms with Crippen LogP contribution in [0.3, 0.4) is 0 Å². The molecular formula is C28H34O8S2. The molecule has 0 atom stereocenters. The molecule has 1 aliphatic heterocycles. The molecule has 1 aromatic rings. The van der Waals surface area contributed by atoms with E-state index in [1.165, 1.54) is 23.5 Å². The third-order valence-corrected chi connectivity index (χ3v) is 7.73. The molecule has 8 nitrogen and oxygen atoms in total. The summed E-state index contributed by atoms with van der Waals surface area (Å²) in [5.41, 5.74) is 0.948. The fourth-order valence-electron chi connectivity index (χ4n) is 3.06. The standard InChI is InChI=1S/C28H34O8S2/c1-6-22(29)33-14-8-10-16-35-25(31)24(26(32)36-17-11-9-15-34-23(30)7-2)27-37-20-13-12-19(28(3,4)5)18-21(20)38-27/h6-7,12-13,18H,1-2,8-11,14-17H2,3-5H3. The van der Waals surface area contributed by atoms with Gasteiger partial charge in [-0.3, -0.25) is 0 Å². The molecule has 0 amide bonds. The molecule has 10 heteroatoms. The van der Waals surface area contributed by atoms with E-state index in [4.69, 9.17) is 18.9 Å². The van der Waals surface area contributed by atoms with Gasteiger partial charge in [-0.15, -0.1) is 0 Å². The molecule has 0 saturated heterocycles. The third kappa shape index (κ3) is 10.1. The molecule has 0 bridgehead atoms. The van der Waals surface area contributed by atoms with E-state index in [1.807, 2.05) is 12.1 Å². The zero-order valence-electron chi connectivity index (χ0n) is 22.0. The van der Waals surface area contributed by atoms with Crippen LogP contribution >= 0.6 is 23.5 Å². The lowest BCUT2D eigenvalue weighted by molar-refractivity contribution is -0.148. The van der Waals surface area contributed by atoms with Gasteiger partial charge < -0.3 is 18.9 Å². The van der Waals surface area contributed by atoms with Gasteiger partial charge in [0.25, 0.3) is 0 Å². The Labute approximate surface area is 232 Å². The van der Waals surface area contributed by atoms with E-state index in [2.05, 4.69) is 40.0 Å². The second-order valence-corrected chi connectivity index (χ2v) is 11.6. The van der Waals surface area contributed by atoms with Crippen LogP contribution in [-0.4, -0.2) is 50.3 Å². The summed E-state index contributed by atoms with van der Waals surface area (Å²) in [6.45, 7) is 13.5. The van der Waals surface area contributed by atoms with Crippen molar-refractivity contribution in [3.8, 4) is 0 Å². The fourth-order valence-corrected chi connectivity index (χ4v) is 5.60. The topological polar surface area (TPSA) is 105 Å². The van der Waals surface area contributed by atoms with Crippen molar-refractivity contribution in [3.05, 3.63) is 58.9 Å². The zero-order chi connectivity index (χ0) is 28.1. The summed E-state index contributed by atoms with van der Waals surface area (Å²) in [5, 5.41) is 0. The second kappa shape index (κ2) is 15.4. The molecular weight excluding hydrogens is 528 g/mol. The van der Waals surface area contributed by atoms with Gasteiger partial charge in [-0.25, -0.2) is 19.2 Å². The van der Waals surface area contributed by atoms with Crippen LogP contribution in [-0.2, 0) is 43.5 Å². The lowest BCUT2D eigenvalue weighted by Crippen LogP contribution is -2.20. The first-order valence-electron chi connectivity index (χ1n) is 12.2. The number of unbranched alkanes of at least 4 members (excludes halogenated alkanes) is 2. The van der Waals surface area contributed by atoms with Crippen LogP contribution < -0.4 is 0 Å². The second-order valence-electron chi connectivity index (χ2n) is 9.21. The Kier molecular flexibility index (Phi) is 12.7. The number of thioether (sulfide) groups is 2. The van der Waals surface area contributed by atoms with Crippen LogP contribution in [0.1, 0.15) is 52.0 Å². The van der Waals surface area contributed by atoms with Gasteiger partial charge in [0.2, 0.25) is 0 Å². The number of benzene rings is 1. The van der Waals surface area contributed by atoms with Crippen molar-refractivity contribution in [2.45, 2.75) is 61.7 Å². The number of hydrogen-bond donors (Lipinski definition) is 0. The van der Waals surface area contributed by atoms with E-state index < -0.39 is 23.9 Å². The Balaban J connectivity index is 2.05. The van der Waals surface area contributed by atoms with Crippen LogP contribution in [0.15, 0.2) is 63.1 Å². The van der Waals surface area contributed by atoms with Crippen molar-refractivity contribution in [2.24, 2.45) is 0 Å². The average Bonchev–Trinajstić information content (AvgIpc) is 3.29. The van der Waals surface area contributed by atoms with Crippen molar-refractivity contribution >= 4 is 47.4 Å². The van der Waals surface area contributed by atoms with Crippen LogP contribution in [0.4, 0.5) is 0 Å². The minimum absolute atomic E-state index is 0.0482. The highest BCUT2D eigenvalue weighted by Gasteiger charge is 2.32. The summed E-state index contributed by atoms with van der Waals surface area (Å²) in [6.07, 6.45) is 4.04. The minimum Gasteiger partial charge on any atom is -0.463 e. The first kappa shape index (κ1) is 31.2. The van der Waals surface area contributed by atoms with E-state index in [-0.39, 0.29) is 37.4 Å². The maximum Gasteiger partial charge on any atom is 0.347 e. The molecule has 206 valence electrons. The van der Waals surface area contributed by atoms with Crippen LogP contribution in [0.5, 0.6) is 0 Å². The quantitative estimate of drug-likeness (QED) is 0.0721. The molecule has 38 heavy (non-hydrogen) atoms. The van der Waals surface area contributed by atoms with E-state index in [0.717, 1.165) is 27.5 Å². The molecule has 1 aliphatic rings. The number of ether oxygens (including phenoxy) is 4. The van der Waals surface area contributed by atoms with Gasteiger partial charge in [-0.05, 0) is 48.8 Å². The molecule has 0 fully saturated rings. The average molecular weight is 563 g/mol. The Morgan fingerprint density at radius 2 is 1.18 bits per heavy atom. The predicted octanol–water partition coefficient (Wildman–Crippen LogP) is 5.50. The number of esters is 4. The van der Waals surface area contributed by atoms with Gasteiger partial charge in [0.15, 0.2) is 5.57 Å². The minimum atomic E-state index is -0.767. The van der Waals surface area contributed by atoms with Gasteiger partial charge in [0.05, 0.1) is 30.7 Å². The highest BCUT2D eigenvalue weighted by atomic mass is 32.2. The Morgan fingerprint density at radius 1 is 0.737 bits per heavy atom. The summed E-state index contributed by atoms with van der Waals surface area (Å²) in [4.78, 5) is 50.1. The first-order valence-corrected chi connectivity index (χ1v) is 13.9. The van der Waals surface area contributed by atoms with Crippen LogP contribution in [0, 0.1) is 0 Å². The van der Waals surface area contributed by atoms with E-state index >= 15 is 0 Å². The van der Waals surface area contributed by atoms with E-state index in [1.54, 1.807) is 0 Å². The Morgan fingerprint density at radius 3 is 1.63 bits per heavy atom. The van der Waals surface area contributed by atoms with Gasteiger partial charge in [0.1, 0.15) is 0 Å². The summed E-state index contributed by atoms with van der Waals surface area (Å²) in [7, 11) is 0. The molecule has 0 N–H and O–H groups in total. The molecule has 0 saturated carbocycles. The van der Waals surface area contributed by atoms with Crippen molar-refractivity contribution in [1.29, 1.82) is 0 Å². The molecule has 1 heterocycles. The molecule has 2 rings (SSSR count). The van der Waals surface area contributed by atoms with Gasteiger partial charge >= 0.3 is 23.9 Å². The maximum absolute atomic E-state index is 13.0. The first-order chi connectivity index (χ1) is 18.1. The largest absolute Gasteiger partial charge is 0.463 e. The number of carbonyl (C=O) groups excluding carboxylic acids is 4. The normalized spacial score (nSPS) is 12.2. The zero-order valence-corrected chi connectivity index (χ0v) is 23.7. The summed E-state index contributed by atoms with van der Waals surface area (Å²) in [6, 6.07) is 6.11. The number of rotatable bonds is 14. The summed E-state index contributed by atoms with van der Waals surface area (Å²) < 4.78 is 21.1. The number of fused-ring (bicyclic) bond motifs is 1. The summed E-state index contributed by atoms with van der Waals surface area (Å²) in [5.74, 6) is -2.56. The third-order valence-electron chi connectivity index (χ3n) is 5.19. The van der Waals surface area contributed by atoms with Crippen molar-refractivity contribution < 1.29 is 38.1 Å².